The molecule has 0 unspecified atom stereocenters. The van der Waals surface area contributed by atoms with Crippen LogP contribution >= 0.6 is 0 Å². The van der Waals surface area contributed by atoms with Crippen molar-refractivity contribution in [2.75, 3.05) is 19.8 Å². The molecule has 1 aromatic rings. The van der Waals surface area contributed by atoms with Gasteiger partial charge in [-0.3, -0.25) is 0 Å². The molecule has 0 aliphatic rings. The van der Waals surface area contributed by atoms with Gasteiger partial charge in [-0.2, -0.15) is 0 Å². The van der Waals surface area contributed by atoms with Crippen molar-refractivity contribution in [3.05, 3.63) is 24.3 Å². The summed E-state index contributed by atoms with van der Waals surface area (Å²) in [6.07, 6.45) is 0. The second-order valence-corrected chi connectivity index (χ2v) is 5.84. The van der Waals surface area contributed by atoms with E-state index in [-0.39, 0.29) is 5.54 Å². The Hall–Kier alpha value is -1.26. The van der Waals surface area contributed by atoms with E-state index in [1.165, 1.54) is 0 Å². The van der Waals surface area contributed by atoms with Gasteiger partial charge in [0.25, 0.3) is 0 Å². The van der Waals surface area contributed by atoms with Crippen LogP contribution in [0.2, 0.25) is 0 Å². The van der Waals surface area contributed by atoms with Crippen LogP contribution in [0.15, 0.2) is 24.3 Å². The molecule has 0 aliphatic heterocycles. The summed E-state index contributed by atoms with van der Waals surface area (Å²) < 4.78 is 11.2. The lowest BCUT2D eigenvalue weighted by Gasteiger charge is -2.38. The topological polar surface area (TPSA) is 50.7 Å². The van der Waals surface area contributed by atoms with Gasteiger partial charge in [-0.05, 0) is 46.8 Å². The molecule has 2 N–H and O–H groups in total. The van der Waals surface area contributed by atoms with Crippen LogP contribution in [0.3, 0.4) is 0 Å². The van der Waals surface area contributed by atoms with Crippen LogP contribution in [0, 0.1) is 0 Å². The molecule has 4 heteroatoms. The molecule has 0 radical (unpaired) electrons. The lowest BCUT2D eigenvalue weighted by atomic mass is 9.86. The standard InChI is InChI=1S/C16H27NO3/c1-6-19-13-9-7-8-10-14(13)20-12-11-17-15(2,3)16(4,5)18/h7-10,17-18H,6,11-12H2,1-5H3. The minimum atomic E-state index is -0.795. The Morgan fingerprint density at radius 3 is 2.10 bits per heavy atom. The molecule has 0 spiro atoms. The lowest BCUT2D eigenvalue weighted by Crippen LogP contribution is -2.56. The summed E-state index contributed by atoms with van der Waals surface area (Å²) in [5.41, 5.74) is -1.17. The average Bonchev–Trinajstić information content (AvgIpc) is 2.35. The quantitative estimate of drug-likeness (QED) is 0.719. The van der Waals surface area contributed by atoms with Gasteiger partial charge >= 0.3 is 0 Å². The summed E-state index contributed by atoms with van der Waals surface area (Å²) >= 11 is 0. The van der Waals surface area contributed by atoms with Gasteiger partial charge in [-0.15, -0.1) is 0 Å². The first-order valence-electron chi connectivity index (χ1n) is 7.10. The molecule has 0 aromatic heterocycles. The maximum atomic E-state index is 10.1. The monoisotopic (exact) mass is 281 g/mol. The Bertz CT molecular complexity index is 410. The van der Waals surface area contributed by atoms with Crippen molar-refractivity contribution >= 4 is 0 Å². The Morgan fingerprint density at radius 2 is 1.60 bits per heavy atom. The molecular formula is C16H27NO3. The minimum absolute atomic E-state index is 0.379. The van der Waals surface area contributed by atoms with E-state index in [0.29, 0.717) is 19.8 Å². The molecule has 0 aliphatic carbocycles. The Labute approximate surface area is 122 Å². The Morgan fingerprint density at radius 1 is 1.05 bits per heavy atom. The van der Waals surface area contributed by atoms with E-state index in [9.17, 15) is 5.11 Å². The van der Waals surface area contributed by atoms with Crippen LogP contribution in [0.5, 0.6) is 11.5 Å². The van der Waals surface area contributed by atoms with Crippen molar-refractivity contribution in [3.8, 4) is 11.5 Å². The number of rotatable bonds is 8. The van der Waals surface area contributed by atoms with Gasteiger partial charge in [0.05, 0.1) is 12.2 Å². The molecule has 0 bridgehead atoms. The van der Waals surface area contributed by atoms with Gasteiger partial charge in [-0.1, -0.05) is 12.1 Å². The third-order valence-corrected chi connectivity index (χ3v) is 3.61. The summed E-state index contributed by atoms with van der Waals surface area (Å²) in [6.45, 7) is 11.3. The fraction of sp³-hybridized carbons (Fsp3) is 0.625. The van der Waals surface area contributed by atoms with E-state index in [1.807, 2.05) is 45.0 Å². The molecule has 1 aromatic carbocycles. The molecule has 0 fully saturated rings. The van der Waals surface area contributed by atoms with Gasteiger partial charge in [0, 0.05) is 12.1 Å². The SMILES string of the molecule is CCOc1ccccc1OCCNC(C)(C)C(C)(C)O. The highest BCUT2D eigenvalue weighted by atomic mass is 16.5. The van der Waals surface area contributed by atoms with Crippen molar-refractivity contribution in [2.45, 2.75) is 45.8 Å². The van der Waals surface area contributed by atoms with Crippen LogP contribution in [0.1, 0.15) is 34.6 Å². The first-order chi connectivity index (χ1) is 9.28. The third-order valence-electron chi connectivity index (χ3n) is 3.61. The van der Waals surface area contributed by atoms with Gasteiger partial charge in [0.1, 0.15) is 6.61 Å². The highest BCUT2D eigenvalue weighted by Crippen LogP contribution is 2.26. The van der Waals surface area contributed by atoms with Gasteiger partial charge < -0.3 is 19.9 Å². The first-order valence-corrected chi connectivity index (χ1v) is 7.10. The van der Waals surface area contributed by atoms with Crippen molar-refractivity contribution in [1.29, 1.82) is 0 Å². The molecule has 0 atom stereocenters. The molecule has 0 saturated carbocycles. The average molecular weight is 281 g/mol. The zero-order chi connectivity index (χ0) is 15.2. The van der Waals surface area contributed by atoms with E-state index in [0.717, 1.165) is 11.5 Å². The lowest BCUT2D eigenvalue weighted by molar-refractivity contribution is -0.00554. The molecule has 0 heterocycles. The Kier molecular flexibility index (Phi) is 5.84. The number of hydrogen-bond acceptors (Lipinski definition) is 4. The molecule has 4 nitrogen and oxygen atoms in total. The van der Waals surface area contributed by atoms with Crippen LogP contribution in [-0.4, -0.2) is 36.0 Å². The number of para-hydroxylation sites is 2. The van der Waals surface area contributed by atoms with E-state index in [2.05, 4.69) is 5.32 Å². The summed E-state index contributed by atoms with van der Waals surface area (Å²) in [5.74, 6) is 1.51. The normalized spacial score (nSPS) is 12.3. The highest BCUT2D eigenvalue weighted by Gasteiger charge is 2.34. The number of benzene rings is 1. The van der Waals surface area contributed by atoms with Gasteiger partial charge in [0.2, 0.25) is 0 Å². The van der Waals surface area contributed by atoms with E-state index < -0.39 is 5.60 Å². The number of nitrogens with one attached hydrogen (secondary N) is 1. The summed E-state index contributed by atoms with van der Waals surface area (Å²) in [5, 5.41) is 13.4. The van der Waals surface area contributed by atoms with Crippen molar-refractivity contribution in [2.24, 2.45) is 0 Å². The summed E-state index contributed by atoms with van der Waals surface area (Å²) in [6, 6.07) is 7.64. The summed E-state index contributed by atoms with van der Waals surface area (Å²) in [7, 11) is 0. The molecule has 0 amide bonds. The van der Waals surface area contributed by atoms with Crippen LogP contribution in [0.4, 0.5) is 0 Å². The third kappa shape index (κ3) is 4.69. The largest absolute Gasteiger partial charge is 0.490 e. The maximum Gasteiger partial charge on any atom is 0.161 e. The van der Waals surface area contributed by atoms with Crippen molar-refractivity contribution in [3.63, 3.8) is 0 Å². The molecule has 1 rings (SSSR count). The highest BCUT2D eigenvalue weighted by molar-refractivity contribution is 5.39. The second-order valence-electron chi connectivity index (χ2n) is 5.84. The zero-order valence-electron chi connectivity index (χ0n) is 13.2. The zero-order valence-corrected chi connectivity index (χ0v) is 13.2. The first kappa shape index (κ1) is 16.8. The van der Waals surface area contributed by atoms with Crippen molar-refractivity contribution in [1.82, 2.24) is 5.32 Å². The molecule has 114 valence electrons. The van der Waals surface area contributed by atoms with Crippen LogP contribution in [0.25, 0.3) is 0 Å². The number of hydrogen-bond donors (Lipinski definition) is 2. The predicted octanol–water partition coefficient (Wildman–Crippen LogP) is 2.60. The number of aliphatic hydroxyl groups is 1. The maximum absolute atomic E-state index is 10.1. The van der Waals surface area contributed by atoms with Crippen LogP contribution in [-0.2, 0) is 0 Å². The molecular weight excluding hydrogens is 254 g/mol. The second kappa shape index (κ2) is 6.95. The summed E-state index contributed by atoms with van der Waals surface area (Å²) in [4.78, 5) is 0. The van der Waals surface area contributed by atoms with Crippen LogP contribution < -0.4 is 14.8 Å². The van der Waals surface area contributed by atoms with E-state index >= 15 is 0 Å². The van der Waals surface area contributed by atoms with E-state index in [1.54, 1.807) is 13.8 Å². The number of ether oxygens (including phenoxy) is 2. The minimum Gasteiger partial charge on any atom is -0.490 e. The van der Waals surface area contributed by atoms with Gasteiger partial charge in [-0.25, -0.2) is 0 Å². The van der Waals surface area contributed by atoms with Gasteiger partial charge in [0.15, 0.2) is 11.5 Å². The molecule has 20 heavy (non-hydrogen) atoms. The fourth-order valence-corrected chi connectivity index (χ4v) is 1.58. The Balaban J connectivity index is 2.46. The molecule has 0 saturated heterocycles. The van der Waals surface area contributed by atoms with E-state index in [4.69, 9.17) is 9.47 Å². The fourth-order valence-electron chi connectivity index (χ4n) is 1.58. The smallest absolute Gasteiger partial charge is 0.161 e. The van der Waals surface area contributed by atoms with Crippen molar-refractivity contribution < 1.29 is 14.6 Å². The predicted molar refractivity (Wildman–Crippen MR) is 81.5 cm³/mol.